The Bertz CT molecular complexity index is 755. The molecule has 144 valence electrons. The van der Waals surface area contributed by atoms with Crippen molar-refractivity contribution < 1.29 is 14.2 Å². The third-order valence-corrected chi connectivity index (χ3v) is 4.55. The van der Waals surface area contributed by atoms with Crippen LogP contribution in [0.1, 0.15) is 24.8 Å². The fourth-order valence-corrected chi connectivity index (χ4v) is 3.10. The summed E-state index contributed by atoms with van der Waals surface area (Å²) in [7, 11) is 0. The second-order valence-corrected chi connectivity index (χ2v) is 6.68. The van der Waals surface area contributed by atoms with Gasteiger partial charge in [0.15, 0.2) is 0 Å². The van der Waals surface area contributed by atoms with Crippen molar-refractivity contribution in [3.05, 3.63) is 60.2 Å². The molecule has 0 aromatic heterocycles. The van der Waals surface area contributed by atoms with Gasteiger partial charge in [-0.3, -0.25) is 0 Å². The van der Waals surface area contributed by atoms with Gasteiger partial charge >= 0.3 is 0 Å². The SMILES string of the molecule is Nc1cccc(C2=CCOCC2)c1.Nc1cccc(OC2CCOCC2)c1. The molecule has 0 amide bonds. The quantitative estimate of drug-likeness (QED) is 0.803. The zero-order valence-electron chi connectivity index (χ0n) is 15.6. The van der Waals surface area contributed by atoms with E-state index in [-0.39, 0.29) is 6.10 Å². The molecule has 1 fully saturated rings. The summed E-state index contributed by atoms with van der Waals surface area (Å²) < 4.78 is 16.3. The predicted octanol–water partition coefficient (Wildman–Crippen LogP) is 3.90. The van der Waals surface area contributed by atoms with Crippen LogP contribution < -0.4 is 16.2 Å². The van der Waals surface area contributed by atoms with Crippen LogP contribution in [0.15, 0.2) is 54.6 Å². The minimum Gasteiger partial charge on any atom is -0.490 e. The van der Waals surface area contributed by atoms with E-state index in [0.717, 1.165) is 62.8 Å². The number of anilines is 2. The summed E-state index contributed by atoms with van der Waals surface area (Å²) in [6.07, 6.45) is 5.33. The van der Waals surface area contributed by atoms with E-state index in [1.807, 2.05) is 42.5 Å². The molecule has 5 heteroatoms. The van der Waals surface area contributed by atoms with Gasteiger partial charge < -0.3 is 25.7 Å². The standard InChI is InChI=1S/C11H15NO2.C11H13NO/c12-9-2-1-3-11(8-9)14-10-4-6-13-7-5-10;12-11-3-1-2-10(8-11)9-4-6-13-7-5-9/h1-3,8,10H,4-7,12H2;1-4,8H,5-7,12H2. The minimum absolute atomic E-state index is 0.283. The van der Waals surface area contributed by atoms with E-state index in [9.17, 15) is 0 Å². The Morgan fingerprint density at radius 1 is 0.852 bits per heavy atom. The number of benzene rings is 2. The third kappa shape index (κ3) is 6.31. The van der Waals surface area contributed by atoms with Crippen molar-refractivity contribution in [1.29, 1.82) is 0 Å². The van der Waals surface area contributed by atoms with Gasteiger partial charge in [-0.1, -0.05) is 24.3 Å². The number of nitrogens with two attached hydrogens (primary N) is 2. The molecule has 1 saturated heterocycles. The van der Waals surface area contributed by atoms with Crippen LogP contribution in [0.3, 0.4) is 0 Å². The summed E-state index contributed by atoms with van der Waals surface area (Å²) in [5.74, 6) is 0.858. The van der Waals surface area contributed by atoms with E-state index in [1.165, 1.54) is 11.1 Å². The second-order valence-electron chi connectivity index (χ2n) is 6.68. The van der Waals surface area contributed by atoms with Crippen molar-refractivity contribution in [2.45, 2.75) is 25.4 Å². The Morgan fingerprint density at radius 3 is 2.26 bits per heavy atom. The zero-order chi connectivity index (χ0) is 18.9. The molecule has 0 radical (unpaired) electrons. The van der Waals surface area contributed by atoms with Gasteiger partial charge in [-0.2, -0.15) is 0 Å². The Balaban J connectivity index is 0.000000156. The van der Waals surface area contributed by atoms with Crippen LogP contribution in [0.5, 0.6) is 5.75 Å². The molecule has 2 aliphatic heterocycles. The van der Waals surface area contributed by atoms with Gasteiger partial charge in [0, 0.05) is 30.3 Å². The van der Waals surface area contributed by atoms with Crippen LogP contribution in [-0.2, 0) is 9.47 Å². The van der Waals surface area contributed by atoms with Crippen LogP contribution >= 0.6 is 0 Å². The van der Waals surface area contributed by atoms with Gasteiger partial charge in [0.05, 0.1) is 26.4 Å². The lowest BCUT2D eigenvalue weighted by atomic mass is 10.0. The Kier molecular flexibility index (Phi) is 7.13. The van der Waals surface area contributed by atoms with Gasteiger partial charge in [0.2, 0.25) is 0 Å². The van der Waals surface area contributed by atoms with E-state index < -0.39 is 0 Å². The molecule has 0 atom stereocenters. The van der Waals surface area contributed by atoms with Crippen LogP contribution in [0, 0.1) is 0 Å². The molecule has 0 unspecified atom stereocenters. The lowest BCUT2D eigenvalue weighted by molar-refractivity contribution is 0.0256. The average molecular weight is 368 g/mol. The van der Waals surface area contributed by atoms with Gasteiger partial charge in [0.1, 0.15) is 11.9 Å². The second kappa shape index (κ2) is 10.00. The van der Waals surface area contributed by atoms with Gasteiger partial charge in [-0.15, -0.1) is 0 Å². The van der Waals surface area contributed by atoms with Crippen LogP contribution in [-0.4, -0.2) is 32.5 Å². The first-order chi connectivity index (χ1) is 13.2. The van der Waals surface area contributed by atoms with Crippen molar-refractivity contribution >= 4 is 16.9 Å². The molecule has 0 spiro atoms. The smallest absolute Gasteiger partial charge is 0.121 e. The number of ether oxygens (including phenoxy) is 3. The summed E-state index contributed by atoms with van der Waals surface area (Å²) in [4.78, 5) is 0. The minimum atomic E-state index is 0.283. The molecule has 2 aromatic carbocycles. The molecule has 27 heavy (non-hydrogen) atoms. The Labute approximate surface area is 160 Å². The van der Waals surface area contributed by atoms with Crippen molar-refractivity contribution in [2.75, 3.05) is 37.9 Å². The molecule has 2 heterocycles. The highest BCUT2D eigenvalue weighted by Crippen LogP contribution is 2.22. The first-order valence-corrected chi connectivity index (χ1v) is 9.43. The van der Waals surface area contributed by atoms with Crippen LogP contribution in [0.2, 0.25) is 0 Å². The fraction of sp³-hybridized carbons (Fsp3) is 0.364. The number of hydrogen-bond acceptors (Lipinski definition) is 5. The molecule has 5 nitrogen and oxygen atoms in total. The number of hydrogen-bond donors (Lipinski definition) is 2. The maximum atomic E-state index is 5.78. The molecule has 4 rings (SSSR count). The van der Waals surface area contributed by atoms with Gasteiger partial charge in [0.25, 0.3) is 0 Å². The van der Waals surface area contributed by atoms with E-state index in [0.29, 0.717) is 0 Å². The summed E-state index contributed by atoms with van der Waals surface area (Å²) in [6.45, 7) is 3.14. The zero-order valence-corrected chi connectivity index (χ0v) is 15.6. The summed E-state index contributed by atoms with van der Waals surface area (Å²) in [5.41, 5.74) is 15.5. The first kappa shape index (κ1) is 19.3. The largest absolute Gasteiger partial charge is 0.490 e. The summed E-state index contributed by atoms with van der Waals surface area (Å²) >= 11 is 0. The monoisotopic (exact) mass is 368 g/mol. The lowest BCUT2D eigenvalue weighted by Crippen LogP contribution is -2.25. The van der Waals surface area contributed by atoms with E-state index in [4.69, 9.17) is 25.7 Å². The third-order valence-electron chi connectivity index (χ3n) is 4.55. The molecule has 2 aromatic rings. The van der Waals surface area contributed by atoms with E-state index in [1.54, 1.807) is 0 Å². The maximum Gasteiger partial charge on any atom is 0.121 e. The first-order valence-electron chi connectivity index (χ1n) is 9.43. The van der Waals surface area contributed by atoms with Crippen molar-refractivity contribution in [3.8, 4) is 5.75 Å². The number of nitrogen functional groups attached to an aromatic ring is 2. The highest BCUT2D eigenvalue weighted by molar-refractivity contribution is 5.68. The fourth-order valence-electron chi connectivity index (χ4n) is 3.10. The molecular formula is C22H28N2O3. The van der Waals surface area contributed by atoms with Crippen LogP contribution in [0.25, 0.3) is 5.57 Å². The van der Waals surface area contributed by atoms with Crippen molar-refractivity contribution in [3.63, 3.8) is 0 Å². The lowest BCUT2D eigenvalue weighted by Gasteiger charge is -2.23. The number of rotatable bonds is 3. The molecule has 4 N–H and O–H groups in total. The topological polar surface area (TPSA) is 79.7 Å². The molecule has 0 saturated carbocycles. The van der Waals surface area contributed by atoms with Gasteiger partial charge in [-0.05, 0) is 41.8 Å². The summed E-state index contributed by atoms with van der Waals surface area (Å²) in [6, 6.07) is 15.6. The van der Waals surface area contributed by atoms with E-state index >= 15 is 0 Å². The molecule has 0 bridgehead atoms. The maximum absolute atomic E-state index is 5.78. The van der Waals surface area contributed by atoms with Crippen LogP contribution in [0.4, 0.5) is 11.4 Å². The molecule has 0 aliphatic carbocycles. The van der Waals surface area contributed by atoms with Crippen molar-refractivity contribution in [1.82, 2.24) is 0 Å². The molecule has 2 aliphatic rings. The predicted molar refractivity (Wildman–Crippen MR) is 110 cm³/mol. The van der Waals surface area contributed by atoms with Gasteiger partial charge in [-0.25, -0.2) is 0 Å². The highest BCUT2D eigenvalue weighted by atomic mass is 16.5. The van der Waals surface area contributed by atoms with E-state index in [2.05, 4.69) is 12.1 Å². The summed E-state index contributed by atoms with van der Waals surface area (Å²) in [5, 5.41) is 0. The highest BCUT2D eigenvalue weighted by Gasteiger charge is 2.14. The van der Waals surface area contributed by atoms with Crippen molar-refractivity contribution in [2.24, 2.45) is 0 Å². The molecular weight excluding hydrogens is 340 g/mol. The average Bonchev–Trinajstić information content (AvgIpc) is 2.70. The normalized spacial score (nSPS) is 17.4. The Hall–Kier alpha value is -2.50. The Morgan fingerprint density at radius 2 is 1.59 bits per heavy atom.